The van der Waals surface area contributed by atoms with E-state index in [4.69, 9.17) is 24.3 Å². The topological polar surface area (TPSA) is 122 Å². The van der Waals surface area contributed by atoms with Crippen LogP contribution >= 0.6 is 0 Å². The smallest absolute Gasteiger partial charge is 0.543 e. The molecule has 10 heteroatoms. The van der Waals surface area contributed by atoms with Crippen LogP contribution in [0.15, 0.2) is 10.6 Å². The number of hydrogen-bond donors (Lipinski definition) is 0. The summed E-state index contributed by atoms with van der Waals surface area (Å²) in [5, 5.41) is 21.9. The number of fused-ring (bicyclic) bond motifs is 2. The SMILES string of the molecule is CC(C)c1noc(C2=CCC3CCC2N3C)n1.O=C([O-])C(=O)[O-].[Na+].[Na+]. The number of aliphatic carboxylic acids is 2. The summed E-state index contributed by atoms with van der Waals surface area (Å²) in [6.45, 7) is 4.17. The molecular weight excluding hydrogens is 348 g/mol. The molecule has 1 saturated heterocycles. The first-order valence-electron chi connectivity index (χ1n) is 7.49. The Bertz CT molecular complexity index is 620. The van der Waals surface area contributed by atoms with Crippen LogP contribution < -0.4 is 69.3 Å². The van der Waals surface area contributed by atoms with Crippen molar-refractivity contribution < 1.29 is 83.4 Å². The minimum absolute atomic E-state index is 0. The van der Waals surface area contributed by atoms with Gasteiger partial charge >= 0.3 is 59.1 Å². The molecule has 0 radical (unpaired) electrons. The number of hydrogen-bond acceptors (Lipinski definition) is 8. The van der Waals surface area contributed by atoms with Crippen molar-refractivity contribution in [3.05, 3.63) is 17.8 Å². The zero-order valence-corrected chi connectivity index (χ0v) is 19.3. The molecule has 1 aromatic rings. The molecule has 2 unspecified atom stereocenters. The van der Waals surface area contributed by atoms with E-state index in [9.17, 15) is 0 Å². The van der Waals surface area contributed by atoms with E-state index in [0.29, 0.717) is 12.0 Å². The van der Waals surface area contributed by atoms with Crippen molar-refractivity contribution in [3.63, 3.8) is 0 Å². The van der Waals surface area contributed by atoms with Crippen molar-refractivity contribution in [2.24, 2.45) is 0 Å². The van der Waals surface area contributed by atoms with Crippen LogP contribution in [0.2, 0.25) is 0 Å². The molecule has 0 spiro atoms. The Morgan fingerprint density at radius 2 is 1.84 bits per heavy atom. The molecule has 0 amide bonds. The first-order valence-corrected chi connectivity index (χ1v) is 7.49. The average molecular weight is 367 g/mol. The van der Waals surface area contributed by atoms with Crippen molar-refractivity contribution >= 4 is 17.5 Å². The summed E-state index contributed by atoms with van der Waals surface area (Å²) in [6, 6.07) is 1.20. The molecule has 2 atom stereocenters. The minimum atomic E-state index is -2.19. The van der Waals surface area contributed by atoms with E-state index in [-0.39, 0.29) is 59.1 Å². The van der Waals surface area contributed by atoms with Crippen molar-refractivity contribution in [2.75, 3.05) is 7.05 Å². The van der Waals surface area contributed by atoms with E-state index < -0.39 is 11.9 Å². The van der Waals surface area contributed by atoms with E-state index in [1.807, 2.05) is 0 Å². The molecule has 3 rings (SSSR count). The Kier molecular flexibility index (Phi) is 10.7. The van der Waals surface area contributed by atoms with E-state index >= 15 is 0 Å². The largest absolute Gasteiger partial charge is 1.00 e. The third-order valence-corrected chi connectivity index (χ3v) is 4.18. The van der Waals surface area contributed by atoms with Crippen LogP contribution in [0.4, 0.5) is 0 Å². The fourth-order valence-electron chi connectivity index (χ4n) is 2.89. The van der Waals surface area contributed by atoms with Gasteiger partial charge in [0.2, 0.25) is 0 Å². The molecular formula is C15H19N3Na2O5. The molecule has 1 fully saturated rings. The molecule has 0 aromatic carbocycles. The summed E-state index contributed by atoms with van der Waals surface area (Å²) in [6.07, 6.45) is 5.90. The Labute approximate surface area is 190 Å². The zero-order chi connectivity index (χ0) is 17.1. The van der Waals surface area contributed by atoms with E-state index in [0.717, 1.165) is 24.2 Å². The Balaban J connectivity index is 0.000000633. The van der Waals surface area contributed by atoms with E-state index in [1.165, 1.54) is 18.4 Å². The maximum absolute atomic E-state index is 8.93. The second kappa shape index (κ2) is 10.8. The molecule has 3 heterocycles. The standard InChI is InChI=1S/C13H19N3O.C2H2O4.2Na/c1-8(2)12-14-13(17-15-12)10-6-4-9-5-7-11(10)16(9)3;3-1(4)2(5)6;;/h6,8-9,11H,4-5,7H2,1-3H3;(H,3,4)(H,5,6);;/q;;2*+1/p-2. The van der Waals surface area contributed by atoms with Gasteiger partial charge in [-0.05, 0) is 26.3 Å². The molecule has 126 valence electrons. The summed E-state index contributed by atoms with van der Waals surface area (Å²) in [5.74, 6) is -2.51. The summed E-state index contributed by atoms with van der Waals surface area (Å²) in [7, 11) is 2.20. The molecule has 2 aliphatic rings. The van der Waals surface area contributed by atoms with Gasteiger partial charge in [-0.15, -0.1) is 0 Å². The molecule has 8 nitrogen and oxygen atoms in total. The number of carboxylic acid groups (broad SMARTS) is 2. The molecule has 2 bridgehead atoms. The van der Waals surface area contributed by atoms with Gasteiger partial charge in [0.15, 0.2) is 5.82 Å². The van der Waals surface area contributed by atoms with Gasteiger partial charge in [0.05, 0.1) is 11.9 Å². The van der Waals surface area contributed by atoms with Crippen molar-refractivity contribution in [2.45, 2.75) is 51.1 Å². The van der Waals surface area contributed by atoms with Crippen LogP contribution in [0.25, 0.3) is 5.57 Å². The molecule has 25 heavy (non-hydrogen) atoms. The molecule has 1 aromatic heterocycles. The van der Waals surface area contributed by atoms with Crippen molar-refractivity contribution in [1.29, 1.82) is 0 Å². The van der Waals surface area contributed by atoms with Gasteiger partial charge in [-0.3, -0.25) is 4.90 Å². The van der Waals surface area contributed by atoms with Gasteiger partial charge in [-0.2, -0.15) is 4.98 Å². The van der Waals surface area contributed by atoms with Gasteiger partial charge < -0.3 is 24.3 Å². The molecule has 2 aliphatic heterocycles. The quantitative estimate of drug-likeness (QED) is 0.373. The number of carbonyl (C=O) groups excluding carboxylic acids is 2. The summed E-state index contributed by atoms with van der Waals surface area (Å²) < 4.78 is 5.41. The number of carboxylic acids is 2. The summed E-state index contributed by atoms with van der Waals surface area (Å²) in [5.41, 5.74) is 1.24. The van der Waals surface area contributed by atoms with Crippen LogP contribution in [0.5, 0.6) is 0 Å². The third kappa shape index (κ3) is 6.16. The monoisotopic (exact) mass is 367 g/mol. The zero-order valence-electron chi connectivity index (χ0n) is 15.3. The van der Waals surface area contributed by atoms with Crippen LogP contribution in [-0.2, 0) is 9.59 Å². The Morgan fingerprint density at radius 3 is 2.32 bits per heavy atom. The third-order valence-electron chi connectivity index (χ3n) is 4.18. The summed E-state index contributed by atoms with van der Waals surface area (Å²) in [4.78, 5) is 24.8. The molecule has 0 N–H and O–H groups in total. The Morgan fingerprint density at radius 1 is 1.24 bits per heavy atom. The number of likely N-dealkylation sites (N-methyl/N-ethyl adjacent to an activating group) is 1. The van der Waals surface area contributed by atoms with Gasteiger partial charge in [-0.25, -0.2) is 0 Å². The van der Waals surface area contributed by atoms with E-state index in [1.54, 1.807) is 0 Å². The van der Waals surface area contributed by atoms with Gasteiger partial charge in [-0.1, -0.05) is 25.1 Å². The first-order chi connectivity index (χ1) is 10.8. The molecule has 0 aliphatic carbocycles. The first kappa shape index (κ1) is 24.8. The number of nitrogens with zero attached hydrogens (tertiary/aromatic N) is 3. The van der Waals surface area contributed by atoms with Crippen molar-refractivity contribution in [3.8, 4) is 0 Å². The van der Waals surface area contributed by atoms with E-state index in [2.05, 4.69) is 42.0 Å². The number of aromatic nitrogens is 2. The fourth-order valence-corrected chi connectivity index (χ4v) is 2.89. The second-order valence-corrected chi connectivity index (χ2v) is 5.99. The minimum Gasteiger partial charge on any atom is -0.543 e. The maximum atomic E-state index is 8.93. The molecule has 0 saturated carbocycles. The Hall–Kier alpha value is -0.220. The number of rotatable bonds is 2. The normalized spacial score (nSPS) is 21.4. The maximum Gasteiger partial charge on any atom is 1.00 e. The predicted molar refractivity (Wildman–Crippen MR) is 75.6 cm³/mol. The second-order valence-electron chi connectivity index (χ2n) is 5.99. The number of carbonyl (C=O) groups is 2. The van der Waals surface area contributed by atoms with Gasteiger partial charge in [0.25, 0.3) is 5.89 Å². The van der Waals surface area contributed by atoms with Crippen LogP contribution in [0.1, 0.15) is 50.7 Å². The van der Waals surface area contributed by atoms with Crippen LogP contribution in [-0.4, -0.2) is 46.1 Å². The average Bonchev–Trinajstić information content (AvgIpc) is 3.04. The fraction of sp³-hybridized carbons (Fsp3) is 0.600. The van der Waals surface area contributed by atoms with Crippen LogP contribution in [0, 0.1) is 0 Å². The van der Waals surface area contributed by atoms with Crippen LogP contribution in [0.3, 0.4) is 0 Å². The summed E-state index contributed by atoms with van der Waals surface area (Å²) >= 11 is 0. The van der Waals surface area contributed by atoms with Gasteiger partial charge in [0.1, 0.15) is 0 Å². The van der Waals surface area contributed by atoms with Gasteiger partial charge in [0, 0.05) is 23.6 Å². The predicted octanol–water partition coefficient (Wildman–Crippen LogP) is -7.06. The van der Waals surface area contributed by atoms with Crippen molar-refractivity contribution in [1.82, 2.24) is 15.0 Å².